The molecule has 0 aromatic carbocycles. The maximum absolute atomic E-state index is 11.7. The van der Waals surface area contributed by atoms with Crippen LogP contribution in [0.15, 0.2) is 11.4 Å². The Morgan fingerprint density at radius 1 is 1.44 bits per heavy atom. The zero-order valence-electron chi connectivity index (χ0n) is 10.1. The van der Waals surface area contributed by atoms with Crippen LogP contribution in [0.2, 0.25) is 0 Å². The van der Waals surface area contributed by atoms with E-state index in [1.807, 2.05) is 0 Å². The van der Waals surface area contributed by atoms with E-state index in [0.29, 0.717) is 0 Å². The smallest absolute Gasteiger partial charge is 0.350 e. The van der Waals surface area contributed by atoms with Gasteiger partial charge in [0, 0.05) is 6.26 Å². The number of esters is 1. The second-order valence-corrected chi connectivity index (χ2v) is 6.90. The van der Waals surface area contributed by atoms with Crippen molar-refractivity contribution >= 4 is 38.7 Å². The van der Waals surface area contributed by atoms with Crippen molar-refractivity contribution in [1.29, 1.82) is 0 Å². The molecule has 0 aliphatic rings. The van der Waals surface area contributed by atoms with Gasteiger partial charge in [-0.25, -0.2) is 13.2 Å². The second-order valence-electron chi connectivity index (χ2n) is 3.62. The Morgan fingerprint density at radius 3 is 2.56 bits per heavy atom. The van der Waals surface area contributed by atoms with E-state index in [9.17, 15) is 18.0 Å². The van der Waals surface area contributed by atoms with E-state index in [-0.39, 0.29) is 10.6 Å². The van der Waals surface area contributed by atoms with Crippen LogP contribution in [0.5, 0.6) is 0 Å². The minimum atomic E-state index is -3.47. The van der Waals surface area contributed by atoms with Gasteiger partial charge in [0.25, 0.3) is 0 Å². The fourth-order valence-corrected chi connectivity index (χ4v) is 2.30. The van der Waals surface area contributed by atoms with Gasteiger partial charge in [-0.05, 0) is 18.4 Å². The van der Waals surface area contributed by atoms with Crippen molar-refractivity contribution in [2.24, 2.45) is 0 Å². The van der Waals surface area contributed by atoms with E-state index in [4.69, 9.17) is 0 Å². The lowest BCUT2D eigenvalue weighted by Crippen LogP contribution is -2.32. The predicted molar refractivity (Wildman–Crippen MR) is 68.6 cm³/mol. The Balaban J connectivity index is 2.90. The molecule has 1 atom stereocenters. The molecule has 0 saturated heterocycles. The molecule has 100 valence electrons. The molecular formula is C10H13NO5S2. The summed E-state index contributed by atoms with van der Waals surface area (Å²) in [4.78, 5) is 23.3. The molecule has 1 N–H and O–H groups in total. The Hall–Kier alpha value is -1.41. The van der Waals surface area contributed by atoms with Gasteiger partial charge < -0.3 is 10.1 Å². The number of sulfone groups is 1. The maximum atomic E-state index is 11.7. The minimum absolute atomic E-state index is 0.228. The first kappa shape index (κ1) is 14.7. The van der Waals surface area contributed by atoms with Crippen molar-refractivity contribution in [2.45, 2.75) is 12.2 Å². The summed E-state index contributed by atoms with van der Waals surface area (Å²) in [6.07, 6.45) is 0.978. The monoisotopic (exact) mass is 291 g/mol. The third kappa shape index (κ3) is 3.30. The highest BCUT2D eigenvalue weighted by Gasteiger charge is 2.25. The summed E-state index contributed by atoms with van der Waals surface area (Å²) in [5.74, 6) is -1.26. The van der Waals surface area contributed by atoms with Crippen LogP contribution in [-0.2, 0) is 19.4 Å². The van der Waals surface area contributed by atoms with Crippen molar-refractivity contribution in [2.75, 3.05) is 18.7 Å². The molecule has 1 rings (SSSR count). The predicted octanol–water partition coefficient (Wildman–Crippen LogP) is 0.906. The SMILES string of the molecule is COC(=O)c1sccc1NC(=O)C(C)S(C)(=O)=O. The number of carbonyl (C=O) groups excluding carboxylic acids is 2. The van der Waals surface area contributed by atoms with E-state index in [1.54, 1.807) is 5.38 Å². The van der Waals surface area contributed by atoms with Crippen LogP contribution >= 0.6 is 11.3 Å². The summed E-state index contributed by atoms with van der Waals surface area (Å²) in [6.45, 7) is 1.29. The van der Waals surface area contributed by atoms with Gasteiger partial charge in [0.1, 0.15) is 10.1 Å². The standard InChI is InChI=1S/C10H13NO5S2/c1-6(18(3,14)15)9(12)11-7-4-5-17-8(7)10(13)16-2/h4-6H,1-3H3,(H,11,12). The van der Waals surface area contributed by atoms with Gasteiger partial charge in [0.15, 0.2) is 9.84 Å². The average Bonchev–Trinajstić information content (AvgIpc) is 2.73. The van der Waals surface area contributed by atoms with Gasteiger partial charge in [-0.15, -0.1) is 11.3 Å². The number of ether oxygens (including phenoxy) is 1. The molecule has 0 saturated carbocycles. The summed E-state index contributed by atoms with van der Waals surface area (Å²) in [7, 11) is -2.24. The van der Waals surface area contributed by atoms with Gasteiger partial charge in [0.05, 0.1) is 12.8 Å². The second kappa shape index (κ2) is 5.49. The molecule has 0 spiro atoms. The zero-order chi connectivity index (χ0) is 13.9. The van der Waals surface area contributed by atoms with Gasteiger partial charge in [-0.1, -0.05) is 0 Å². The quantitative estimate of drug-likeness (QED) is 0.833. The molecule has 0 bridgehead atoms. The summed E-state index contributed by atoms with van der Waals surface area (Å²) in [6, 6.07) is 1.52. The van der Waals surface area contributed by atoms with Crippen molar-refractivity contribution in [3.8, 4) is 0 Å². The Bertz CT molecular complexity index is 561. The van der Waals surface area contributed by atoms with E-state index >= 15 is 0 Å². The Labute approximate surface area is 109 Å². The lowest BCUT2D eigenvalue weighted by atomic mass is 10.3. The van der Waals surface area contributed by atoms with Crippen LogP contribution in [0.4, 0.5) is 5.69 Å². The molecule has 8 heteroatoms. The number of hydrogen-bond acceptors (Lipinski definition) is 6. The number of thiophene rings is 1. The average molecular weight is 291 g/mol. The largest absolute Gasteiger partial charge is 0.465 e. The molecule has 18 heavy (non-hydrogen) atoms. The number of amides is 1. The van der Waals surface area contributed by atoms with Crippen LogP contribution in [-0.4, -0.2) is 38.9 Å². The molecule has 0 fully saturated rings. The summed E-state index contributed by atoms with van der Waals surface area (Å²) in [5.41, 5.74) is 0.257. The normalized spacial score (nSPS) is 12.8. The van der Waals surface area contributed by atoms with E-state index < -0.39 is 27.0 Å². The molecule has 6 nitrogen and oxygen atoms in total. The van der Waals surface area contributed by atoms with Gasteiger partial charge in [0.2, 0.25) is 5.91 Å². The van der Waals surface area contributed by atoms with Gasteiger partial charge in [-0.3, -0.25) is 4.79 Å². The third-order valence-corrected chi connectivity index (χ3v) is 4.70. The molecule has 1 unspecified atom stereocenters. The molecular weight excluding hydrogens is 278 g/mol. The van der Waals surface area contributed by atoms with Crippen molar-refractivity contribution < 1.29 is 22.7 Å². The Morgan fingerprint density at radius 2 is 2.06 bits per heavy atom. The topological polar surface area (TPSA) is 89.5 Å². The summed E-state index contributed by atoms with van der Waals surface area (Å²) in [5, 5.41) is 2.83. The first-order valence-corrected chi connectivity index (χ1v) is 7.76. The van der Waals surface area contributed by atoms with Gasteiger partial charge >= 0.3 is 5.97 Å². The van der Waals surface area contributed by atoms with Crippen LogP contribution < -0.4 is 5.32 Å². The summed E-state index contributed by atoms with van der Waals surface area (Å²) < 4.78 is 27.0. The van der Waals surface area contributed by atoms with E-state index in [2.05, 4.69) is 10.1 Å². The zero-order valence-corrected chi connectivity index (χ0v) is 11.7. The molecule has 0 aliphatic carbocycles. The third-order valence-electron chi connectivity index (χ3n) is 2.31. The number of nitrogens with one attached hydrogen (secondary N) is 1. The number of anilines is 1. The first-order chi connectivity index (χ1) is 8.27. The van der Waals surface area contributed by atoms with Crippen molar-refractivity contribution in [3.05, 3.63) is 16.3 Å². The molecule has 1 amide bonds. The van der Waals surface area contributed by atoms with Crippen LogP contribution in [0.3, 0.4) is 0 Å². The fraction of sp³-hybridized carbons (Fsp3) is 0.400. The molecule has 0 aliphatic heterocycles. The lowest BCUT2D eigenvalue weighted by molar-refractivity contribution is -0.115. The van der Waals surface area contributed by atoms with Crippen molar-refractivity contribution in [1.82, 2.24) is 0 Å². The first-order valence-electron chi connectivity index (χ1n) is 4.93. The Kier molecular flexibility index (Phi) is 4.47. The maximum Gasteiger partial charge on any atom is 0.350 e. The molecule has 1 aromatic heterocycles. The number of hydrogen-bond donors (Lipinski definition) is 1. The van der Waals surface area contributed by atoms with Crippen molar-refractivity contribution in [3.63, 3.8) is 0 Å². The molecule has 0 radical (unpaired) electrons. The van der Waals surface area contributed by atoms with Crippen LogP contribution in [0.25, 0.3) is 0 Å². The van der Waals surface area contributed by atoms with Gasteiger partial charge in [-0.2, -0.15) is 0 Å². The molecule has 1 aromatic rings. The number of rotatable bonds is 4. The summed E-state index contributed by atoms with van der Waals surface area (Å²) >= 11 is 1.10. The molecule has 1 heterocycles. The number of carbonyl (C=O) groups is 2. The van der Waals surface area contributed by atoms with E-state index in [1.165, 1.54) is 20.1 Å². The number of methoxy groups -OCH3 is 1. The fourth-order valence-electron chi connectivity index (χ4n) is 1.09. The van der Waals surface area contributed by atoms with E-state index in [0.717, 1.165) is 17.6 Å². The van der Waals surface area contributed by atoms with Crippen LogP contribution in [0.1, 0.15) is 16.6 Å². The lowest BCUT2D eigenvalue weighted by Gasteiger charge is -2.10. The highest BCUT2D eigenvalue weighted by atomic mass is 32.2. The highest BCUT2D eigenvalue weighted by molar-refractivity contribution is 7.92. The highest BCUT2D eigenvalue weighted by Crippen LogP contribution is 2.23. The van der Waals surface area contributed by atoms with Crippen LogP contribution in [0, 0.1) is 0 Å². The minimum Gasteiger partial charge on any atom is -0.465 e.